The molecular formula is C24H28ClN3O4. The average Bonchev–Trinajstić information content (AvgIpc) is 3.29. The Morgan fingerprint density at radius 3 is 2.31 bits per heavy atom. The molecule has 2 aliphatic rings. The van der Waals surface area contributed by atoms with Crippen LogP contribution in [0, 0.1) is 11.8 Å². The van der Waals surface area contributed by atoms with Crippen LogP contribution in [0.2, 0.25) is 5.02 Å². The van der Waals surface area contributed by atoms with E-state index in [0.717, 1.165) is 31.2 Å². The minimum absolute atomic E-state index is 0.0951. The predicted octanol–water partition coefficient (Wildman–Crippen LogP) is 4.10. The number of halogens is 1. The summed E-state index contributed by atoms with van der Waals surface area (Å²) in [5.74, 6) is 2.11. The van der Waals surface area contributed by atoms with Crippen LogP contribution in [0.15, 0.2) is 42.5 Å². The SMILES string of the molecule is O=C(NCc1ccccc1Cl)NCC1CCC(CNC(=O)c2ccc3c(c2)OCO3)CC1. The Morgan fingerprint density at radius 1 is 0.875 bits per heavy atom. The monoisotopic (exact) mass is 457 g/mol. The van der Waals surface area contributed by atoms with Crippen molar-refractivity contribution in [2.75, 3.05) is 19.9 Å². The number of urea groups is 1. The molecular weight excluding hydrogens is 430 g/mol. The highest BCUT2D eigenvalue weighted by Crippen LogP contribution is 2.32. The smallest absolute Gasteiger partial charge is 0.315 e. The summed E-state index contributed by atoms with van der Waals surface area (Å²) in [5, 5.41) is 9.50. The van der Waals surface area contributed by atoms with Crippen LogP contribution in [0.3, 0.4) is 0 Å². The lowest BCUT2D eigenvalue weighted by Gasteiger charge is -2.28. The molecule has 1 aliphatic carbocycles. The third-order valence-corrected chi connectivity index (χ3v) is 6.47. The molecule has 1 aliphatic heterocycles. The van der Waals surface area contributed by atoms with E-state index in [1.54, 1.807) is 18.2 Å². The van der Waals surface area contributed by atoms with Crippen LogP contribution in [0.1, 0.15) is 41.6 Å². The second-order valence-electron chi connectivity index (χ2n) is 8.32. The van der Waals surface area contributed by atoms with Crippen LogP contribution in [-0.4, -0.2) is 31.8 Å². The van der Waals surface area contributed by atoms with E-state index in [1.165, 1.54) is 0 Å². The Kier molecular flexibility index (Phi) is 7.37. The number of amides is 3. The second-order valence-corrected chi connectivity index (χ2v) is 8.73. The maximum absolute atomic E-state index is 12.4. The molecule has 2 aromatic rings. The minimum atomic E-state index is -0.178. The number of carbonyl (C=O) groups is 2. The maximum Gasteiger partial charge on any atom is 0.315 e. The standard InChI is InChI=1S/C24H28ClN3O4/c25-20-4-2-1-3-19(20)14-28-24(30)27-13-17-7-5-16(6-8-17)12-26-23(29)18-9-10-21-22(11-18)32-15-31-21/h1-4,9-11,16-17H,5-8,12-15H2,(H,26,29)(H2,27,28,30). The number of rotatable bonds is 7. The van der Waals surface area contributed by atoms with E-state index in [9.17, 15) is 9.59 Å². The van der Waals surface area contributed by atoms with Gasteiger partial charge in [-0.15, -0.1) is 0 Å². The molecule has 1 fully saturated rings. The molecule has 2 aromatic carbocycles. The molecule has 170 valence electrons. The Morgan fingerprint density at radius 2 is 1.56 bits per heavy atom. The van der Waals surface area contributed by atoms with Crippen LogP contribution in [-0.2, 0) is 6.54 Å². The summed E-state index contributed by atoms with van der Waals surface area (Å²) in [5.41, 5.74) is 1.47. The Balaban J connectivity index is 1.12. The average molecular weight is 458 g/mol. The molecule has 4 rings (SSSR count). The zero-order valence-corrected chi connectivity index (χ0v) is 18.6. The Labute approximate surface area is 192 Å². The van der Waals surface area contributed by atoms with E-state index in [0.29, 0.717) is 53.6 Å². The molecule has 0 radical (unpaired) electrons. The summed E-state index contributed by atoms with van der Waals surface area (Å²) < 4.78 is 10.6. The van der Waals surface area contributed by atoms with Gasteiger partial charge in [0.25, 0.3) is 5.91 Å². The van der Waals surface area contributed by atoms with E-state index >= 15 is 0 Å². The summed E-state index contributed by atoms with van der Waals surface area (Å²) in [7, 11) is 0. The van der Waals surface area contributed by atoms with Gasteiger partial charge in [0.05, 0.1) is 0 Å². The van der Waals surface area contributed by atoms with Crippen molar-refractivity contribution in [3.63, 3.8) is 0 Å². The van der Waals surface area contributed by atoms with Gasteiger partial charge in [-0.1, -0.05) is 29.8 Å². The number of fused-ring (bicyclic) bond motifs is 1. The lowest BCUT2D eigenvalue weighted by atomic mass is 9.82. The van der Waals surface area contributed by atoms with Gasteiger partial charge in [0.1, 0.15) is 0 Å². The highest BCUT2D eigenvalue weighted by molar-refractivity contribution is 6.31. The van der Waals surface area contributed by atoms with Crippen molar-refractivity contribution in [3.8, 4) is 11.5 Å². The Bertz CT molecular complexity index is 960. The van der Waals surface area contributed by atoms with Gasteiger partial charge in [-0.2, -0.15) is 0 Å². The predicted molar refractivity (Wildman–Crippen MR) is 122 cm³/mol. The van der Waals surface area contributed by atoms with Gasteiger partial charge in [0.15, 0.2) is 11.5 Å². The first-order chi connectivity index (χ1) is 15.6. The van der Waals surface area contributed by atoms with Crippen LogP contribution < -0.4 is 25.4 Å². The number of hydrogen-bond donors (Lipinski definition) is 3. The van der Waals surface area contributed by atoms with Crippen molar-refractivity contribution in [2.24, 2.45) is 11.8 Å². The third-order valence-electron chi connectivity index (χ3n) is 6.10. The van der Waals surface area contributed by atoms with E-state index in [-0.39, 0.29) is 18.7 Å². The molecule has 0 atom stereocenters. The summed E-state index contributed by atoms with van der Waals surface area (Å²) in [6.45, 7) is 1.92. The zero-order chi connectivity index (χ0) is 22.3. The van der Waals surface area contributed by atoms with Crippen LogP contribution in [0.5, 0.6) is 11.5 Å². The third kappa shape index (κ3) is 5.85. The van der Waals surface area contributed by atoms with Gasteiger partial charge >= 0.3 is 6.03 Å². The Hall–Kier alpha value is -2.93. The molecule has 1 saturated carbocycles. The lowest BCUT2D eigenvalue weighted by Crippen LogP contribution is -2.39. The topological polar surface area (TPSA) is 88.7 Å². The van der Waals surface area contributed by atoms with Crippen LogP contribution >= 0.6 is 11.6 Å². The van der Waals surface area contributed by atoms with E-state index in [4.69, 9.17) is 21.1 Å². The fourth-order valence-corrected chi connectivity index (χ4v) is 4.34. The molecule has 0 aromatic heterocycles. The van der Waals surface area contributed by atoms with Crippen LogP contribution in [0.25, 0.3) is 0 Å². The van der Waals surface area contributed by atoms with Gasteiger partial charge in [0, 0.05) is 30.2 Å². The van der Waals surface area contributed by atoms with Crippen molar-refractivity contribution in [3.05, 3.63) is 58.6 Å². The van der Waals surface area contributed by atoms with Gasteiger partial charge in [-0.3, -0.25) is 4.79 Å². The summed E-state index contributed by atoms with van der Waals surface area (Å²) in [4.78, 5) is 24.5. The van der Waals surface area contributed by atoms with Crippen molar-refractivity contribution in [1.29, 1.82) is 0 Å². The van der Waals surface area contributed by atoms with Crippen LogP contribution in [0.4, 0.5) is 4.79 Å². The molecule has 3 amide bonds. The molecule has 8 heteroatoms. The molecule has 0 saturated heterocycles. The van der Waals surface area contributed by atoms with E-state index < -0.39 is 0 Å². The first-order valence-electron chi connectivity index (χ1n) is 11.0. The zero-order valence-electron chi connectivity index (χ0n) is 17.9. The minimum Gasteiger partial charge on any atom is -0.454 e. The number of ether oxygens (including phenoxy) is 2. The van der Waals surface area contributed by atoms with Gasteiger partial charge in [0.2, 0.25) is 6.79 Å². The normalized spacial score (nSPS) is 19.3. The first kappa shape index (κ1) is 22.3. The fourth-order valence-electron chi connectivity index (χ4n) is 4.13. The van der Waals surface area contributed by atoms with Gasteiger partial charge in [-0.05, 0) is 67.3 Å². The lowest BCUT2D eigenvalue weighted by molar-refractivity contribution is 0.0940. The van der Waals surface area contributed by atoms with Crippen molar-refractivity contribution < 1.29 is 19.1 Å². The van der Waals surface area contributed by atoms with Crippen molar-refractivity contribution >= 4 is 23.5 Å². The molecule has 0 spiro atoms. The van der Waals surface area contributed by atoms with Gasteiger partial charge < -0.3 is 25.4 Å². The summed E-state index contributed by atoms with van der Waals surface area (Å²) in [6, 6.07) is 12.5. The molecule has 7 nitrogen and oxygen atoms in total. The number of hydrogen-bond acceptors (Lipinski definition) is 4. The number of carbonyl (C=O) groups excluding carboxylic acids is 2. The number of nitrogens with one attached hydrogen (secondary N) is 3. The summed E-state index contributed by atoms with van der Waals surface area (Å²) >= 11 is 6.11. The van der Waals surface area contributed by atoms with E-state index in [1.807, 2.05) is 24.3 Å². The molecule has 0 unspecified atom stereocenters. The van der Waals surface area contributed by atoms with Crippen molar-refractivity contribution in [1.82, 2.24) is 16.0 Å². The highest BCUT2D eigenvalue weighted by Gasteiger charge is 2.23. The molecule has 0 bridgehead atoms. The van der Waals surface area contributed by atoms with E-state index in [2.05, 4.69) is 16.0 Å². The van der Waals surface area contributed by atoms with Gasteiger partial charge in [-0.25, -0.2) is 4.79 Å². The fraction of sp³-hybridized carbons (Fsp3) is 0.417. The second kappa shape index (κ2) is 10.6. The quantitative estimate of drug-likeness (QED) is 0.584. The molecule has 3 N–H and O–H groups in total. The molecule has 32 heavy (non-hydrogen) atoms. The maximum atomic E-state index is 12.4. The highest BCUT2D eigenvalue weighted by atomic mass is 35.5. The first-order valence-corrected chi connectivity index (χ1v) is 11.4. The largest absolute Gasteiger partial charge is 0.454 e. The summed E-state index contributed by atoms with van der Waals surface area (Å²) in [6.07, 6.45) is 4.15. The molecule has 1 heterocycles. The number of benzene rings is 2. The van der Waals surface area contributed by atoms with Crippen molar-refractivity contribution in [2.45, 2.75) is 32.2 Å².